The highest BCUT2D eigenvalue weighted by atomic mass is 32.1. The summed E-state index contributed by atoms with van der Waals surface area (Å²) in [5, 5.41) is 5.51. The lowest BCUT2D eigenvalue weighted by atomic mass is 9.96. The van der Waals surface area contributed by atoms with Crippen molar-refractivity contribution < 1.29 is 4.74 Å². The highest BCUT2D eigenvalue weighted by molar-refractivity contribution is 7.10. The van der Waals surface area contributed by atoms with Crippen LogP contribution in [0.25, 0.3) is 0 Å². The summed E-state index contributed by atoms with van der Waals surface area (Å²) < 4.78 is 5.71. The standard InChI is InChI=1S/C15H19NOS/c1-11-13(9-10-18-11)14(16-2)15(17-3)12-7-5-4-6-8-12/h4-10,14-16H,1-3H3. The van der Waals surface area contributed by atoms with Crippen LogP contribution in [0, 0.1) is 6.92 Å². The molecule has 0 aliphatic rings. The largest absolute Gasteiger partial charge is 0.375 e. The van der Waals surface area contributed by atoms with E-state index in [9.17, 15) is 0 Å². The van der Waals surface area contributed by atoms with Crippen molar-refractivity contribution in [2.45, 2.75) is 19.1 Å². The van der Waals surface area contributed by atoms with Gasteiger partial charge in [-0.2, -0.15) is 0 Å². The Hall–Kier alpha value is -1.16. The predicted molar refractivity (Wildman–Crippen MR) is 77.0 cm³/mol. The molecular weight excluding hydrogens is 242 g/mol. The highest BCUT2D eigenvalue weighted by Crippen LogP contribution is 2.34. The molecule has 2 atom stereocenters. The van der Waals surface area contributed by atoms with Gasteiger partial charge in [0.25, 0.3) is 0 Å². The Morgan fingerprint density at radius 2 is 1.89 bits per heavy atom. The van der Waals surface area contributed by atoms with Gasteiger partial charge in [0.2, 0.25) is 0 Å². The molecule has 2 unspecified atom stereocenters. The zero-order valence-electron chi connectivity index (χ0n) is 11.0. The first-order chi connectivity index (χ1) is 8.77. The van der Waals surface area contributed by atoms with Gasteiger partial charge in [-0.15, -0.1) is 11.3 Å². The SMILES string of the molecule is CNC(c1ccsc1C)C(OC)c1ccccc1. The Kier molecular flexibility index (Phi) is 4.53. The summed E-state index contributed by atoms with van der Waals surface area (Å²) in [6.45, 7) is 2.15. The number of nitrogens with one attached hydrogen (secondary N) is 1. The van der Waals surface area contributed by atoms with Gasteiger partial charge in [0.05, 0.1) is 6.04 Å². The molecule has 1 aromatic heterocycles. The molecule has 0 radical (unpaired) electrons. The fourth-order valence-corrected chi connectivity index (χ4v) is 3.04. The van der Waals surface area contributed by atoms with Crippen LogP contribution in [-0.4, -0.2) is 14.2 Å². The monoisotopic (exact) mass is 261 g/mol. The van der Waals surface area contributed by atoms with Gasteiger partial charge < -0.3 is 10.1 Å². The van der Waals surface area contributed by atoms with Crippen LogP contribution in [0.5, 0.6) is 0 Å². The summed E-state index contributed by atoms with van der Waals surface area (Å²) in [5.74, 6) is 0. The van der Waals surface area contributed by atoms with Crippen molar-refractivity contribution in [3.8, 4) is 0 Å². The fraction of sp³-hybridized carbons (Fsp3) is 0.333. The number of methoxy groups -OCH3 is 1. The van der Waals surface area contributed by atoms with Crippen molar-refractivity contribution in [1.29, 1.82) is 0 Å². The number of hydrogen-bond donors (Lipinski definition) is 1. The van der Waals surface area contributed by atoms with Gasteiger partial charge in [0.1, 0.15) is 6.10 Å². The smallest absolute Gasteiger partial charge is 0.102 e. The quantitative estimate of drug-likeness (QED) is 0.886. The first-order valence-electron chi connectivity index (χ1n) is 6.07. The van der Waals surface area contributed by atoms with Crippen molar-refractivity contribution in [2.75, 3.05) is 14.2 Å². The molecular formula is C15H19NOS. The van der Waals surface area contributed by atoms with Crippen LogP contribution < -0.4 is 5.32 Å². The third-order valence-electron chi connectivity index (χ3n) is 3.23. The lowest BCUT2D eigenvalue weighted by Gasteiger charge is -2.26. The molecule has 0 aliphatic heterocycles. The second kappa shape index (κ2) is 6.14. The average Bonchev–Trinajstić information content (AvgIpc) is 2.83. The zero-order chi connectivity index (χ0) is 13.0. The fourth-order valence-electron chi connectivity index (χ4n) is 2.29. The molecule has 18 heavy (non-hydrogen) atoms. The van der Waals surface area contributed by atoms with Gasteiger partial charge in [-0.3, -0.25) is 0 Å². The van der Waals surface area contributed by atoms with Gasteiger partial charge in [-0.05, 0) is 36.5 Å². The normalized spacial score (nSPS) is 14.4. The summed E-state index contributed by atoms with van der Waals surface area (Å²) in [7, 11) is 3.75. The predicted octanol–water partition coefficient (Wildman–Crippen LogP) is 3.70. The van der Waals surface area contributed by atoms with E-state index in [1.165, 1.54) is 16.0 Å². The topological polar surface area (TPSA) is 21.3 Å². The third-order valence-corrected chi connectivity index (χ3v) is 4.09. The van der Waals surface area contributed by atoms with E-state index in [4.69, 9.17) is 4.74 Å². The second-order valence-corrected chi connectivity index (χ2v) is 5.39. The molecule has 0 saturated carbocycles. The van der Waals surface area contributed by atoms with E-state index in [1.54, 1.807) is 18.4 Å². The van der Waals surface area contributed by atoms with Gasteiger partial charge in [0, 0.05) is 12.0 Å². The van der Waals surface area contributed by atoms with Crippen LogP contribution in [0.3, 0.4) is 0 Å². The third kappa shape index (κ3) is 2.64. The second-order valence-electron chi connectivity index (χ2n) is 4.27. The van der Waals surface area contributed by atoms with E-state index < -0.39 is 0 Å². The van der Waals surface area contributed by atoms with Gasteiger partial charge >= 0.3 is 0 Å². The molecule has 0 amide bonds. The number of likely N-dealkylation sites (N-methyl/N-ethyl adjacent to an activating group) is 1. The number of aryl methyl sites for hydroxylation is 1. The van der Waals surface area contributed by atoms with E-state index in [1.807, 2.05) is 13.1 Å². The minimum absolute atomic E-state index is 0.0319. The number of rotatable bonds is 5. The minimum Gasteiger partial charge on any atom is -0.375 e. The van der Waals surface area contributed by atoms with E-state index in [2.05, 4.69) is 48.0 Å². The number of thiophene rings is 1. The lowest BCUT2D eigenvalue weighted by molar-refractivity contribution is 0.0701. The Bertz CT molecular complexity index is 480. The van der Waals surface area contributed by atoms with Crippen LogP contribution in [0.15, 0.2) is 41.8 Å². The molecule has 0 saturated heterocycles. The Labute approximate surface area is 113 Å². The average molecular weight is 261 g/mol. The highest BCUT2D eigenvalue weighted by Gasteiger charge is 2.24. The maximum atomic E-state index is 5.71. The number of hydrogen-bond acceptors (Lipinski definition) is 3. The number of benzene rings is 1. The van der Waals surface area contributed by atoms with E-state index in [-0.39, 0.29) is 12.1 Å². The first-order valence-corrected chi connectivity index (χ1v) is 6.95. The molecule has 96 valence electrons. The van der Waals surface area contributed by atoms with Crippen molar-refractivity contribution in [3.05, 3.63) is 57.8 Å². The molecule has 1 aromatic carbocycles. The summed E-state index contributed by atoms with van der Waals surface area (Å²) in [6.07, 6.45) is 0.0319. The maximum absolute atomic E-state index is 5.71. The molecule has 3 heteroatoms. The molecule has 1 N–H and O–H groups in total. The van der Waals surface area contributed by atoms with Crippen molar-refractivity contribution in [2.24, 2.45) is 0 Å². The molecule has 2 nitrogen and oxygen atoms in total. The number of ether oxygens (including phenoxy) is 1. The lowest BCUT2D eigenvalue weighted by Crippen LogP contribution is -2.25. The maximum Gasteiger partial charge on any atom is 0.102 e. The van der Waals surface area contributed by atoms with E-state index >= 15 is 0 Å². The van der Waals surface area contributed by atoms with Gasteiger partial charge in [-0.1, -0.05) is 30.3 Å². The molecule has 2 rings (SSSR count). The molecule has 0 aliphatic carbocycles. The van der Waals surface area contributed by atoms with Crippen LogP contribution in [-0.2, 0) is 4.74 Å². The van der Waals surface area contributed by atoms with Crippen molar-refractivity contribution >= 4 is 11.3 Å². The Morgan fingerprint density at radius 1 is 1.17 bits per heavy atom. The zero-order valence-corrected chi connectivity index (χ0v) is 11.8. The van der Waals surface area contributed by atoms with Crippen LogP contribution in [0.4, 0.5) is 0 Å². The molecule has 1 heterocycles. The van der Waals surface area contributed by atoms with Crippen LogP contribution >= 0.6 is 11.3 Å². The summed E-state index contributed by atoms with van der Waals surface area (Å²) >= 11 is 1.78. The molecule has 0 bridgehead atoms. The van der Waals surface area contributed by atoms with E-state index in [0.29, 0.717) is 0 Å². The molecule has 0 fully saturated rings. The van der Waals surface area contributed by atoms with Crippen molar-refractivity contribution in [1.82, 2.24) is 5.32 Å². The van der Waals surface area contributed by atoms with Gasteiger partial charge in [-0.25, -0.2) is 0 Å². The van der Waals surface area contributed by atoms with Gasteiger partial charge in [0.15, 0.2) is 0 Å². The summed E-state index contributed by atoms with van der Waals surface area (Å²) in [4.78, 5) is 1.34. The molecule has 2 aromatic rings. The Morgan fingerprint density at radius 3 is 2.39 bits per heavy atom. The van der Waals surface area contributed by atoms with Crippen LogP contribution in [0.1, 0.15) is 28.1 Å². The van der Waals surface area contributed by atoms with Crippen LogP contribution in [0.2, 0.25) is 0 Å². The van der Waals surface area contributed by atoms with E-state index in [0.717, 1.165) is 0 Å². The minimum atomic E-state index is 0.0319. The first kappa shape index (κ1) is 13.3. The van der Waals surface area contributed by atoms with Crippen molar-refractivity contribution in [3.63, 3.8) is 0 Å². The summed E-state index contributed by atoms with van der Waals surface area (Å²) in [6, 6.07) is 12.7. The Balaban J connectivity index is 2.34. The molecule has 0 spiro atoms. The summed E-state index contributed by atoms with van der Waals surface area (Å²) in [5.41, 5.74) is 2.52.